The van der Waals surface area contributed by atoms with E-state index in [1.807, 2.05) is 36.4 Å². The minimum atomic E-state index is -0.319. The van der Waals surface area contributed by atoms with Gasteiger partial charge in [0.05, 0.1) is 25.6 Å². The van der Waals surface area contributed by atoms with E-state index in [2.05, 4.69) is 15.0 Å². The van der Waals surface area contributed by atoms with Gasteiger partial charge in [0, 0.05) is 5.56 Å². The number of para-hydroxylation sites is 2. The minimum absolute atomic E-state index is 0.0633. The topological polar surface area (TPSA) is 93.0 Å². The second-order valence-electron chi connectivity index (χ2n) is 5.73. The molecule has 2 heterocycles. The number of imidazole rings is 1. The first-order valence-corrected chi connectivity index (χ1v) is 8.02. The summed E-state index contributed by atoms with van der Waals surface area (Å²) in [6, 6.07) is 14.6. The average Bonchev–Trinajstić information content (AvgIpc) is 3.02. The number of nitrogens with one attached hydrogen (secondary N) is 1. The molecule has 0 saturated heterocycles. The average molecular weight is 348 g/mol. The number of H-pyrrole nitrogens is 1. The van der Waals surface area contributed by atoms with Gasteiger partial charge in [0.1, 0.15) is 11.3 Å². The van der Waals surface area contributed by atoms with Gasteiger partial charge in [-0.05, 0) is 23.8 Å². The molecule has 0 bridgehead atoms. The van der Waals surface area contributed by atoms with Crippen molar-refractivity contribution in [3.05, 3.63) is 70.8 Å². The van der Waals surface area contributed by atoms with Gasteiger partial charge in [-0.15, -0.1) is 0 Å². The van der Waals surface area contributed by atoms with Gasteiger partial charge in [0.2, 0.25) is 0 Å². The van der Waals surface area contributed by atoms with Crippen molar-refractivity contribution < 1.29 is 9.84 Å². The largest absolute Gasteiger partial charge is 0.495 e. The van der Waals surface area contributed by atoms with Crippen molar-refractivity contribution in [1.29, 1.82) is 0 Å². The minimum Gasteiger partial charge on any atom is -0.495 e. The molecule has 26 heavy (non-hydrogen) atoms. The lowest BCUT2D eigenvalue weighted by molar-refractivity contribution is 0.282. The number of aliphatic hydroxyl groups excluding tert-OH is 1. The van der Waals surface area contributed by atoms with Gasteiger partial charge in [0.15, 0.2) is 11.5 Å². The molecule has 2 aromatic heterocycles. The Bertz CT molecular complexity index is 1150. The summed E-state index contributed by atoms with van der Waals surface area (Å²) in [5.41, 5.74) is 2.79. The number of ether oxygens (including phenoxy) is 1. The number of hydrogen-bond donors (Lipinski definition) is 2. The van der Waals surface area contributed by atoms with E-state index < -0.39 is 0 Å². The number of fused-ring (bicyclic) bond motifs is 1. The van der Waals surface area contributed by atoms with Crippen LogP contribution in [0, 0.1) is 0 Å². The molecule has 0 aliphatic heterocycles. The highest BCUT2D eigenvalue weighted by Crippen LogP contribution is 2.25. The quantitative estimate of drug-likeness (QED) is 0.590. The first kappa shape index (κ1) is 16.0. The summed E-state index contributed by atoms with van der Waals surface area (Å²) in [5.74, 6) is 1.04. The molecule has 0 unspecified atom stereocenters. The number of aromatic nitrogens is 4. The summed E-state index contributed by atoms with van der Waals surface area (Å²) < 4.78 is 6.84. The molecule has 130 valence electrons. The van der Waals surface area contributed by atoms with E-state index in [4.69, 9.17) is 4.74 Å². The van der Waals surface area contributed by atoms with Gasteiger partial charge in [-0.25, -0.2) is 19.3 Å². The second-order valence-corrected chi connectivity index (χ2v) is 5.73. The number of nitrogens with zero attached hydrogens (tertiary/aromatic N) is 3. The molecule has 0 aliphatic carbocycles. The summed E-state index contributed by atoms with van der Waals surface area (Å²) in [6.45, 7) is -0.0633. The van der Waals surface area contributed by atoms with Crippen molar-refractivity contribution in [3.8, 4) is 22.8 Å². The van der Waals surface area contributed by atoms with Crippen LogP contribution in [0.25, 0.3) is 28.2 Å². The molecule has 0 amide bonds. The first-order valence-electron chi connectivity index (χ1n) is 8.02. The molecule has 0 spiro atoms. The maximum absolute atomic E-state index is 12.5. The molecule has 0 radical (unpaired) electrons. The number of aliphatic hydroxyl groups is 1. The van der Waals surface area contributed by atoms with Crippen molar-refractivity contribution in [2.75, 3.05) is 7.11 Å². The van der Waals surface area contributed by atoms with Crippen LogP contribution in [0.3, 0.4) is 0 Å². The molecule has 7 heteroatoms. The van der Waals surface area contributed by atoms with Gasteiger partial charge >= 0.3 is 5.69 Å². The molecular weight excluding hydrogens is 332 g/mol. The highest BCUT2D eigenvalue weighted by Gasteiger charge is 2.15. The van der Waals surface area contributed by atoms with E-state index in [0.717, 1.165) is 11.1 Å². The normalized spacial score (nSPS) is 11.0. The van der Waals surface area contributed by atoms with Crippen LogP contribution < -0.4 is 10.4 Å². The molecule has 7 nitrogen and oxygen atoms in total. The van der Waals surface area contributed by atoms with Crippen LogP contribution in [-0.4, -0.2) is 31.7 Å². The summed E-state index contributed by atoms with van der Waals surface area (Å²) in [5, 5.41) is 9.33. The summed E-state index contributed by atoms with van der Waals surface area (Å²) >= 11 is 0. The molecule has 0 aliphatic rings. The zero-order valence-corrected chi connectivity index (χ0v) is 14.0. The lowest BCUT2D eigenvalue weighted by Crippen LogP contribution is -2.15. The molecular formula is C19H16N4O3. The fourth-order valence-corrected chi connectivity index (χ4v) is 2.88. The third kappa shape index (κ3) is 2.64. The summed E-state index contributed by atoms with van der Waals surface area (Å²) in [4.78, 5) is 24.2. The van der Waals surface area contributed by atoms with Gasteiger partial charge < -0.3 is 14.8 Å². The molecule has 2 N–H and O–H groups in total. The van der Waals surface area contributed by atoms with Gasteiger partial charge in [0.25, 0.3) is 0 Å². The standard InChI is InChI=1S/C19H16N4O3/c1-26-16-8-3-2-7-15(16)23-18-14(21-19(23)25)10-20-17(22-18)13-6-4-5-12(9-13)11-24/h2-10,24H,11H2,1H3,(H,21,25). The number of rotatable bonds is 4. The fourth-order valence-electron chi connectivity index (χ4n) is 2.88. The van der Waals surface area contributed by atoms with E-state index in [1.165, 1.54) is 4.57 Å². The number of hydrogen-bond acceptors (Lipinski definition) is 5. The van der Waals surface area contributed by atoms with Crippen LogP contribution in [0.15, 0.2) is 59.5 Å². The third-order valence-corrected chi connectivity index (χ3v) is 4.12. The summed E-state index contributed by atoms with van der Waals surface area (Å²) in [7, 11) is 1.56. The monoisotopic (exact) mass is 348 g/mol. The predicted octanol–water partition coefficient (Wildman–Crippen LogP) is 2.28. The summed E-state index contributed by atoms with van der Waals surface area (Å²) in [6.07, 6.45) is 1.58. The van der Waals surface area contributed by atoms with Crippen LogP contribution in [0.4, 0.5) is 0 Å². The van der Waals surface area contributed by atoms with E-state index in [1.54, 1.807) is 25.4 Å². The smallest absolute Gasteiger partial charge is 0.332 e. The predicted molar refractivity (Wildman–Crippen MR) is 97.4 cm³/mol. The van der Waals surface area contributed by atoms with Crippen LogP contribution in [0.1, 0.15) is 5.56 Å². The Kier molecular flexibility index (Phi) is 3.98. The number of aromatic amines is 1. The Morgan fingerprint density at radius 3 is 2.85 bits per heavy atom. The zero-order valence-electron chi connectivity index (χ0n) is 14.0. The lowest BCUT2D eigenvalue weighted by atomic mass is 10.1. The van der Waals surface area contributed by atoms with Crippen LogP contribution in [-0.2, 0) is 6.61 Å². The number of methoxy groups -OCH3 is 1. The molecule has 0 atom stereocenters. The molecule has 0 saturated carbocycles. The first-order chi connectivity index (χ1) is 12.7. The van der Waals surface area contributed by atoms with E-state index >= 15 is 0 Å². The maximum atomic E-state index is 12.5. The van der Waals surface area contributed by atoms with Crippen LogP contribution in [0.2, 0.25) is 0 Å². The lowest BCUT2D eigenvalue weighted by Gasteiger charge is -2.09. The van der Waals surface area contributed by atoms with Crippen molar-refractivity contribution in [2.24, 2.45) is 0 Å². The highest BCUT2D eigenvalue weighted by atomic mass is 16.5. The number of benzene rings is 2. The van der Waals surface area contributed by atoms with E-state index in [-0.39, 0.29) is 12.3 Å². The van der Waals surface area contributed by atoms with Crippen molar-refractivity contribution in [2.45, 2.75) is 6.61 Å². The Balaban J connectivity index is 1.95. The van der Waals surface area contributed by atoms with E-state index in [0.29, 0.717) is 28.4 Å². The Hall–Kier alpha value is -3.45. The van der Waals surface area contributed by atoms with Gasteiger partial charge in [-0.1, -0.05) is 30.3 Å². The van der Waals surface area contributed by atoms with Crippen LogP contribution >= 0.6 is 0 Å². The van der Waals surface area contributed by atoms with Gasteiger partial charge in [-0.2, -0.15) is 0 Å². The molecule has 4 rings (SSSR count). The van der Waals surface area contributed by atoms with Crippen molar-refractivity contribution in [1.82, 2.24) is 19.5 Å². The second kappa shape index (κ2) is 6.45. The molecule has 4 aromatic rings. The SMILES string of the molecule is COc1ccccc1-n1c(=O)[nH]c2cnc(-c3cccc(CO)c3)nc21. The van der Waals surface area contributed by atoms with Crippen molar-refractivity contribution in [3.63, 3.8) is 0 Å². The van der Waals surface area contributed by atoms with Crippen LogP contribution in [0.5, 0.6) is 5.75 Å². The van der Waals surface area contributed by atoms with Gasteiger partial charge in [-0.3, -0.25) is 0 Å². The highest BCUT2D eigenvalue weighted by molar-refractivity contribution is 5.75. The Morgan fingerprint density at radius 2 is 2.04 bits per heavy atom. The Labute approximate surface area is 148 Å². The zero-order chi connectivity index (χ0) is 18.1. The van der Waals surface area contributed by atoms with E-state index in [9.17, 15) is 9.90 Å². The molecule has 0 fully saturated rings. The van der Waals surface area contributed by atoms with Crippen molar-refractivity contribution >= 4 is 11.2 Å². The maximum Gasteiger partial charge on any atom is 0.332 e. The molecule has 2 aromatic carbocycles. The third-order valence-electron chi connectivity index (χ3n) is 4.12. The fraction of sp³-hybridized carbons (Fsp3) is 0.105. The Morgan fingerprint density at radius 1 is 1.19 bits per heavy atom.